The van der Waals surface area contributed by atoms with Crippen LogP contribution in [0, 0.1) is 5.92 Å². The van der Waals surface area contributed by atoms with Crippen LogP contribution in [-0.2, 0) is 14.4 Å². The molecule has 0 unspecified atom stereocenters. The number of Topliss-reactive ketones (excluding diaryl/α,β-unsaturated/α-hetero) is 1. The quantitative estimate of drug-likeness (QED) is 0.880. The number of benzene rings is 1. The van der Waals surface area contributed by atoms with Crippen LogP contribution in [0.25, 0.3) is 0 Å². The number of rotatable bonds is 4. The molecule has 2 aliphatic rings. The van der Waals surface area contributed by atoms with Crippen molar-refractivity contribution >= 4 is 29.0 Å². The normalized spacial score (nSPS) is 21.2. The van der Waals surface area contributed by atoms with E-state index in [1.807, 2.05) is 30.3 Å². The maximum absolute atomic E-state index is 12.8. The molecule has 7 nitrogen and oxygen atoms in total. The minimum atomic E-state index is -0.454. The van der Waals surface area contributed by atoms with Gasteiger partial charge in [0.15, 0.2) is 5.78 Å². The monoisotopic (exact) mass is 342 g/mol. The highest BCUT2D eigenvalue weighted by Gasteiger charge is 2.36. The lowest BCUT2D eigenvalue weighted by Crippen LogP contribution is -2.44. The Bertz CT molecular complexity index is 708. The maximum Gasteiger partial charge on any atom is 0.270 e. The Balaban J connectivity index is 1.75. The topological polar surface area (TPSA) is 96.1 Å². The third-order valence-corrected chi connectivity index (χ3v) is 4.83. The standard InChI is InChI=1S/C18H22N4O3/c1-12(23)16-11-15(20-22(16)14-5-3-2-4-6-14)18(25)21-9-7-13(8-10-21)17(19)24/h2-6,13,16H,7-11H2,1H3,(H2,19,24)/t16-/m1/s1. The summed E-state index contributed by atoms with van der Waals surface area (Å²) in [5, 5.41) is 6.07. The van der Waals surface area contributed by atoms with E-state index in [1.165, 1.54) is 6.92 Å². The van der Waals surface area contributed by atoms with Gasteiger partial charge in [-0.1, -0.05) is 18.2 Å². The molecule has 7 heteroatoms. The Morgan fingerprint density at radius 2 is 1.76 bits per heavy atom. The van der Waals surface area contributed by atoms with E-state index < -0.39 is 6.04 Å². The van der Waals surface area contributed by atoms with Crippen molar-refractivity contribution in [3.05, 3.63) is 30.3 Å². The number of likely N-dealkylation sites (tertiary alicyclic amines) is 1. The van der Waals surface area contributed by atoms with E-state index in [2.05, 4.69) is 5.10 Å². The summed E-state index contributed by atoms with van der Waals surface area (Å²) < 4.78 is 0. The number of para-hydroxylation sites is 1. The maximum atomic E-state index is 12.8. The van der Waals surface area contributed by atoms with Crippen molar-refractivity contribution in [1.29, 1.82) is 0 Å². The molecule has 2 aliphatic heterocycles. The van der Waals surface area contributed by atoms with E-state index in [-0.39, 0.29) is 23.5 Å². The first-order valence-electron chi connectivity index (χ1n) is 8.48. The summed E-state index contributed by atoms with van der Waals surface area (Å²) >= 11 is 0. The van der Waals surface area contributed by atoms with Crippen LogP contribution in [0.15, 0.2) is 35.4 Å². The van der Waals surface area contributed by atoms with Gasteiger partial charge < -0.3 is 10.6 Å². The fraction of sp³-hybridized carbons (Fsp3) is 0.444. The van der Waals surface area contributed by atoms with Crippen molar-refractivity contribution < 1.29 is 14.4 Å². The molecule has 0 radical (unpaired) electrons. The Morgan fingerprint density at radius 3 is 2.32 bits per heavy atom. The zero-order valence-corrected chi connectivity index (χ0v) is 14.2. The Morgan fingerprint density at radius 1 is 1.12 bits per heavy atom. The van der Waals surface area contributed by atoms with E-state index >= 15 is 0 Å². The highest BCUT2D eigenvalue weighted by molar-refractivity contribution is 6.40. The van der Waals surface area contributed by atoms with E-state index in [4.69, 9.17) is 5.73 Å². The number of ketones is 1. The second-order valence-electron chi connectivity index (χ2n) is 6.53. The summed E-state index contributed by atoms with van der Waals surface area (Å²) in [4.78, 5) is 37.7. The van der Waals surface area contributed by atoms with Crippen LogP contribution >= 0.6 is 0 Å². The minimum absolute atomic E-state index is 0.0251. The van der Waals surface area contributed by atoms with Gasteiger partial charge in [0.05, 0.1) is 5.69 Å². The first kappa shape index (κ1) is 17.1. The van der Waals surface area contributed by atoms with Crippen LogP contribution in [0.3, 0.4) is 0 Å². The zero-order valence-electron chi connectivity index (χ0n) is 14.2. The van der Waals surface area contributed by atoms with Gasteiger partial charge in [0.1, 0.15) is 11.8 Å². The Kier molecular flexibility index (Phi) is 4.83. The summed E-state index contributed by atoms with van der Waals surface area (Å²) in [6.07, 6.45) is 1.46. The number of piperidine rings is 1. The number of anilines is 1. The lowest BCUT2D eigenvalue weighted by atomic mass is 9.95. The molecule has 25 heavy (non-hydrogen) atoms. The van der Waals surface area contributed by atoms with Gasteiger partial charge >= 0.3 is 0 Å². The van der Waals surface area contributed by atoms with Crippen molar-refractivity contribution in [2.75, 3.05) is 18.1 Å². The second-order valence-corrected chi connectivity index (χ2v) is 6.53. The van der Waals surface area contributed by atoms with Crippen molar-refractivity contribution in [2.45, 2.75) is 32.2 Å². The number of carbonyl (C=O) groups is 3. The van der Waals surface area contributed by atoms with E-state index in [0.29, 0.717) is 38.1 Å². The van der Waals surface area contributed by atoms with Crippen molar-refractivity contribution in [1.82, 2.24) is 4.90 Å². The third-order valence-electron chi connectivity index (χ3n) is 4.83. The SMILES string of the molecule is CC(=O)[C@H]1CC(C(=O)N2CCC(C(N)=O)CC2)=NN1c1ccccc1. The summed E-state index contributed by atoms with van der Waals surface area (Å²) in [5.41, 5.74) is 6.51. The largest absolute Gasteiger partial charge is 0.369 e. The highest BCUT2D eigenvalue weighted by Crippen LogP contribution is 2.26. The molecule has 1 saturated heterocycles. The summed E-state index contributed by atoms with van der Waals surface area (Å²) in [7, 11) is 0. The first-order valence-corrected chi connectivity index (χ1v) is 8.48. The molecule has 1 atom stereocenters. The molecule has 1 aromatic carbocycles. The summed E-state index contributed by atoms with van der Waals surface area (Å²) in [6.45, 7) is 2.49. The molecule has 2 amide bonds. The van der Waals surface area contributed by atoms with Gasteiger partial charge in [-0.25, -0.2) is 0 Å². The van der Waals surface area contributed by atoms with Crippen molar-refractivity contribution in [2.24, 2.45) is 16.8 Å². The Labute approximate surface area is 146 Å². The van der Waals surface area contributed by atoms with E-state index in [0.717, 1.165) is 5.69 Å². The fourth-order valence-corrected chi connectivity index (χ4v) is 3.32. The molecule has 1 aromatic rings. The van der Waals surface area contributed by atoms with Crippen LogP contribution in [0.2, 0.25) is 0 Å². The smallest absolute Gasteiger partial charge is 0.270 e. The number of nitrogens with two attached hydrogens (primary N) is 1. The number of carbonyl (C=O) groups excluding carboxylic acids is 3. The molecule has 132 valence electrons. The summed E-state index contributed by atoms with van der Waals surface area (Å²) in [6, 6.07) is 8.91. The van der Waals surface area contributed by atoms with Crippen LogP contribution in [-0.4, -0.2) is 47.3 Å². The van der Waals surface area contributed by atoms with E-state index in [1.54, 1.807) is 9.91 Å². The van der Waals surface area contributed by atoms with Crippen LogP contribution in [0.4, 0.5) is 5.69 Å². The van der Waals surface area contributed by atoms with Gasteiger partial charge in [-0.3, -0.25) is 19.4 Å². The predicted molar refractivity (Wildman–Crippen MR) is 93.9 cm³/mol. The summed E-state index contributed by atoms with van der Waals surface area (Å²) in [5.74, 6) is -0.659. The molecule has 2 N–H and O–H groups in total. The first-order chi connectivity index (χ1) is 12.0. The average molecular weight is 342 g/mol. The molecule has 0 bridgehead atoms. The van der Waals surface area contributed by atoms with Gasteiger partial charge in [0.2, 0.25) is 5.91 Å². The van der Waals surface area contributed by atoms with Crippen LogP contribution in [0.5, 0.6) is 0 Å². The number of amides is 2. The van der Waals surface area contributed by atoms with Gasteiger partial charge in [0, 0.05) is 25.4 Å². The van der Waals surface area contributed by atoms with Crippen molar-refractivity contribution in [3.63, 3.8) is 0 Å². The number of hydrogen-bond acceptors (Lipinski definition) is 5. The van der Waals surface area contributed by atoms with Crippen LogP contribution in [0.1, 0.15) is 26.2 Å². The molecule has 0 aromatic heterocycles. The molecular weight excluding hydrogens is 320 g/mol. The molecule has 0 spiro atoms. The predicted octanol–water partition coefficient (Wildman–Crippen LogP) is 0.934. The third kappa shape index (κ3) is 3.55. The lowest BCUT2D eigenvalue weighted by molar-refractivity contribution is -0.129. The highest BCUT2D eigenvalue weighted by atomic mass is 16.2. The average Bonchev–Trinajstić information content (AvgIpc) is 3.07. The molecule has 1 fully saturated rings. The van der Waals surface area contributed by atoms with Gasteiger partial charge in [-0.15, -0.1) is 0 Å². The van der Waals surface area contributed by atoms with Crippen LogP contribution < -0.4 is 10.7 Å². The molecular formula is C18H22N4O3. The zero-order chi connectivity index (χ0) is 18.0. The van der Waals surface area contributed by atoms with E-state index in [9.17, 15) is 14.4 Å². The van der Waals surface area contributed by atoms with Gasteiger partial charge in [-0.2, -0.15) is 5.10 Å². The lowest BCUT2D eigenvalue weighted by Gasteiger charge is -2.30. The molecule has 0 saturated carbocycles. The Hall–Kier alpha value is -2.70. The van der Waals surface area contributed by atoms with Crippen molar-refractivity contribution in [3.8, 4) is 0 Å². The molecule has 2 heterocycles. The second kappa shape index (κ2) is 7.04. The van der Waals surface area contributed by atoms with Gasteiger partial charge in [-0.05, 0) is 31.9 Å². The number of hydrogen-bond donors (Lipinski definition) is 1. The molecule has 0 aliphatic carbocycles. The number of hydrazone groups is 1. The number of nitrogens with zero attached hydrogens (tertiary/aromatic N) is 3. The molecule has 3 rings (SSSR count). The number of primary amides is 1. The fourth-order valence-electron chi connectivity index (χ4n) is 3.32. The minimum Gasteiger partial charge on any atom is -0.369 e. The van der Waals surface area contributed by atoms with Gasteiger partial charge in [0.25, 0.3) is 5.91 Å².